The van der Waals surface area contributed by atoms with E-state index in [0.29, 0.717) is 0 Å². The molecule has 0 N–H and O–H groups in total. The molecule has 2 aromatic carbocycles. The topological polar surface area (TPSA) is 50.1 Å². The Morgan fingerprint density at radius 3 is 2.33 bits per heavy atom. The van der Waals surface area contributed by atoms with E-state index in [1.165, 1.54) is 43.5 Å². The Hall–Kier alpha value is -2.81. The molecule has 0 saturated heterocycles. The molecule has 0 aliphatic heterocycles. The largest absolute Gasteiger partial charge is 0.497 e. The summed E-state index contributed by atoms with van der Waals surface area (Å²) in [7, 11) is 1.32. The molecule has 124 valence electrons. The van der Waals surface area contributed by atoms with Crippen LogP contribution >= 0.6 is 0 Å². The fourth-order valence-corrected chi connectivity index (χ4v) is 2.39. The average Bonchev–Trinajstić information content (AvgIpc) is 2.59. The van der Waals surface area contributed by atoms with E-state index in [9.17, 15) is 23.2 Å². The highest BCUT2D eigenvalue weighted by Crippen LogP contribution is 2.44. The Balaban J connectivity index is 2.52. The van der Waals surface area contributed by atoms with Gasteiger partial charge < -0.3 is 4.74 Å². The monoisotopic (exact) mass is 333 g/mol. The van der Waals surface area contributed by atoms with Gasteiger partial charge in [-0.15, -0.1) is 0 Å². The maximum absolute atomic E-state index is 13.8. The third-order valence-corrected chi connectivity index (χ3v) is 3.76. The molecular weight excluding hydrogens is 319 g/mol. The highest BCUT2D eigenvalue weighted by atomic mass is 19.4. The molecule has 0 radical (unpaired) electrons. The van der Waals surface area contributed by atoms with E-state index in [2.05, 4.69) is 0 Å². The Morgan fingerprint density at radius 2 is 1.79 bits per heavy atom. The summed E-state index contributed by atoms with van der Waals surface area (Å²) in [5.41, 5.74) is -3.13. The molecule has 0 bridgehead atoms. The molecule has 0 spiro atoms. The van der Waals surface area contributed by atoms with Gasteiger partial charge in [0.2, 0.25) is 0 Å². The zero-order valence-corrected chi connectivity index (χ0v) is 12.8. The molecule has 0 aliphatic carbocycles. The predicted molar refractivity (Wildman–Crippen MR) is 81.7 cm³/mol. The highest BCUT2D eigenvalue weighted by Gasteiger charge is 2.58. The fraction of sp³-hybridized carbons (Fsp3) is 0.222. The quantitative estimate of drug-likeness (QED) is 0.767. The van der Waals surface area contributed by atoms with Crippen molar-refractivity contribution in [3.63, 3.8) is 0 Å². The normalized spacial score (nSPS) is 13.6. The first kappa shape index (κ1) is 17.5. The van der Waals surface area contributed by atoms with Gasteiger partial charge in [-0.1, -0.05) is 42.5 Å². The van der Waals surface area contributed by atoms with E-state index >= 15 is 0 Å². The maximum Gasteiger partial charge on any atom is 0.411 e. The number of benzene rings is 2. The average molecular weight is 333 g/mol. The van der Waals surface area contributed by atoms with Crippen LogP contribution in [0.1, 0.15) is 22.3 Å². The van der Waals surface area contributed by atoms with Crippen LogP contribution in [0.2, 0.25) is 0 Å². The standard InChI is InChI=1S/C18H14F3NO2/c1-24-15-9-5-8-14(10-15)17(12-22,18(19,20)21)11-16(23)13-6-3-2-4-7-13/h2-10H,11H2,1H3/t17-/m0/s1. The van der Waals surface area contributed by atoms with Crippen molar-refractivity contribution in [3.8, 4) is 11.8 Å². The second-order valence-corrected chi connectivity index (χ2v) is 5.21. The minimum absolute atomic E-state index is 0.129. The van der Waals surface area contributed by atoms with Gasteiger partial charge in [-0.2, -0.15) is 18.4 Å². The van der Waals surface area contributed by atoms with Gasteiger partial charge >= 0.3 is 6.18 Å². The number of ketones is 1. The lowest BCUT2D eigenvalue weighted by Gasteiger charge is -2.29. The smallest absolute Gasteiger partial charge is 0.411 e. The fourth-order valence-electron chi connectivity index (χ4n) is 2.39. The third kappa shape index (κ3) is 3.25. The number of rotatable bonds is 5. The molecule has 0 aliphatic rings. The van der Waals surface area contributed by atoms with Crippen LogP contribution in [0.5, 0.6) is 5.75 Å². The molecule has 0 aromatic heterocycles. The summed E-state index contributed by atoms with van der Waals surface area (Å²) in [6.07, 6.45) is -5.91. The van der Waals surface area contributed by atoms with E-state index in [4.69, 9.17) is 4.74 Å². The number of alkyl halides is 3. The van der Waals surface area contributed by atoms with E-state index in [1.807, 2.05) is 0 Å². The van der Waals surface area contributed by atoms with Crippen molar-refractivity contribution in [2.45, 2.75) is 18.0 Å². The van der Waals surface area contributed by atoms with Crippen molar-refractivity contribution >= 4 is 5.78 Å². The third-order valence-electron chi connectivity index (χ3n) is 3.76. The Labute approximate surface area is 137 Å². The molecule has 0 saturated carbocycles. The molecule has 2 aromatic rings. The lowest BCUT2D eigenvalue weighted by Crippen LogP contribution is -2.43. The summed E-state index contributed by atoms with van der Waals surface area (Å²) >= 11 is 0. The number of carbonyl (C=O) groups excluding carboxylic acids is 1. The number of Topliss-reactive ketones (excluding diaryl/α,β-unsaturated/α-hetero) is 1. The van der Waals surface area contributed by atoms with Crippen LogP contribution in [-0.2, 0) is 5.41 Å². The van der Waals surface area contributed by atoms with Gasteiger partial charge in [0.1, 0.15) is 5.75 Å². The van der Waals surface area contributed by atoms with Crippen molar-refractivity contribution in [3.05, 3.63) is 65.7 Å². The van der Waals surface area contributed by atoms with Crippen LogP contribution in [-0.4, -0.2) is 19.1 Å². The number of ether oxygens (including phenoxy) is 1. The van der Waals surface area contributed by atoms with Gasteiger partial charge in [0.25, 0.3) is 0 Å². The minimum Gasteiger partial charge on any atom is -0.497 e. The minimum atomic E-state index is -4.92. The van der Waals surface area contributed by atoms with E-state index in [1.54, 1.807) is 18.2 Å². The summed E-state index contributed by atoms with van der Waals surface area (Å²) in [6.45, 7) is 0. The SMILES string of the molecule is COc1cccc([C@@](C#N)(CC(=O)c2ccccc2)C(F)(F)F)c1. The van der Waals surface area contributed by atoms with E-state index in [0.717, 1.165) is 6.07 Å². The van der Waals surface area contributed by atoms with Gasteiger partial charge in [-0.25, -0.2) is 0 Å². The van der Waals surface area contributed by atoms with Gasteiger partial charge in [0.15, 0.2) is 11.2 Å². The second-order valence-electron chi connectivity index (χ2n) is 5.21. The number of methoxy groups -OCH3 is 1. The zero-order valence-electron chi connectivity index (χ0n) is 12.8. The van der Waals surface area contributed by atoms with Crippen LogP contribution in [0.4, 0.5) is 13.2 Å². The summed E-state index contributed by atoms with van der Waals surface area (Å²) in [5, 5.41) is 9.36. The molecule has 0 heterocycles. The molecule has 2 rings (SSSR count). The number of carbonyl (C=O) groups is 1. The summed E-state index contributed by atoms with van der Waals surface area (Å²) in [4.78, 5) is 12.3. The van der Waals surface area contributed by atoms with Crippen LogP contribution in [0.3, 0.4) is 0 Å². The lowest BCUT2D eigenvalue weighted by atomic mass is 9.76. The van der Waals surface area contributed by atoms with Crippen molar-refractivity contribution in [1.82, 2.24) is 0 Å². The first-order valence-electron chi connectivity index (χ1n) is 7.05. The molecule has 3 nitrogen and oxygen atoms in total. The van der Waals surface area contributed by atoms with Crippen molar-refractivity contribution in [1.29, 1.82) is 5.26 Å². The molecule has 0 unspecified atom stereocenters. The van der Waals surface area contributed by atoms with Crippen molar-refractivity contribution in [2.75, 3.05) is 7.11 Å². The summed E-state index contributed by atoms with van der Waals surface area (Å²) in [6, 6.07) is 14.1. The lowest BCUT2D eigenvalue weighted by molar-refractivity contribution is -0.172. The highest BCUT2D eigenvalue weighted by molar-refractivity contribution is 5.97. The van der Waals surface area contributed by atoms with Crippen molar-refractivity contribution < 1.29 is 22.7 Å². The van der Waals surface area contributed by atoms with E-state index < -0.39 is 23.8 Å². The van der Waals surface area contributed by atoms with Crippen LogP contribution < -0.4 is 4.74 Å². The predicted octanol–water partition coefficient (Wildman–Crippen LogP) is 4.29. The first-order chi connectivity index (χ1) is 11.3. The first-order valence-corrected chi connectivity index (χ1v) is 7.05. The van der Waals surface area contributed by atoms with Crippen molar-refractivity contribution in [2.24, 2.45) is 0 Å². The second kappa shape index (κ2) is 6.75. The Morgan fingerprint density at radius 1 is 1.12 bits per heavy atom. The molecule has 0 amide bonds. The number of nitrogens with zero attached hydrogens (tertiary/aromatic N) is 1. The summed E-state index contributed by atoms with van der Waals surface area (Å²) in [5.74, 6) is -0.569. The summed E-state index contributed by atoms with van der Waals surface area (Å²) < 4.78 is 46.2. The van der Waals surface area contributed by atoms with Crippen LogP contribution in [0.25, 0.3) is 0 Å². The van der Waals surface area contributed by atoms with Gasteiger partial charge in [-0.05, 0) is 17.7 Å². The molecule has 1 atom stereocenters. The number of hydrogen-bond donors (Lipinski definition) is 0. The zero-order chi connectivity index (χ0) is 17.8. The van der Waals surface area contributed by atoms with Gasteiger partial charge in [0, 0.05) is 12.0 Å². The maximum atomic E-state index is 13.8. The van der Waals surface area contributed by atoms with Crippen LogP contribution in [0, 0.1) is 11.3 Å². The van der Waals surface area contributed by atoms with Gasteiger partial charge in [0.05, 0.1) is 13.2 Å². The Bertz CT molecular complexity index is 766. The molecule has 24 heavy (non-hydrogen) atoms. The van der Waals surface area contributed by atoms with Crippen LogP contribution in [0.15, 0.2) is 54.6 Å². The molecular formula is C18H14F3NO2. The Kier molecular flexibility index (Phi) is 4.93. The molecule has 0 fully saturated rings. The number of halogens is 3. The number of nitriles is 1. The van der Waals surface area contributed by atoms with E-state index in [-0.39, 0.29) is 16.9 Å². The van der Waals surface area contributed by atoms with Gasteiger partial charge in [-0.3, -0.25) is 4.79 Å². The number of hydrogen-bond acceptors (Lipinski definition) is 3. The molecule has 6 heteroatoms.